The minimum absolute atomic E-state index is 0.0650. The molecule has 0 radical (unpaired) electrons. The maximum atomic E-state index is 12.4. The number of Topliss-reactive ketones (excluding diaryl/α,β-unsaturated/α-hetero) is 1. The van der Waals surface area contributed by atoms with Gasteiger partial charge in [0.25, 0.3) is 5.91 Å². The van der Waals surface area contributed by atoms with Gasteiger partial charge >= 0.3 is 0 Å². The van der Waals surface area contributed by atoms with E-state index in [1.54, 1.807) is 6.07 Å². The van der Waals surface area contributed by atoms with Crippen LogP contribution in [-0.2, 0) is 6.42 Å². The van der Waals surface area contributed by atoms with Crippen molar-refractivity contribution in [2.24, 2.45) is 11.3 Å². The third-order valence-corrected chi connectivity index (χ3v) is 4.33. The number of carbonyl (C=O) groups excluding carboxylic acids is 2. The van der Waals surface area contributed by atoms with Crippen LogP contribution in [0.4, 0.5) is 0 Å². The molecular weight excluding hydrogens is 250 g/mol. The molecule has 20 heavy (non-hydrogen) atoms. The molecule has 1 atom stereocenters. The lowest BCUT2D eigenvalue weighted by Gasteiger charge is -2.26. The molecule has 0 saturated carbocycles. The van der Waals surface area contributed by atoms with Gasteiger partial charge in [0.05, 0.1) is 0 Å². The van der Waals surface area contributed by atoms with Gasteiger partial charge in [0.1, 0.15) is 0 Å². The lowest BCUT2D eigenvalue weighted by Crippen LogP contribution is -2.32. The fraction of sp³-hybridized carbons (Fsp3) is 0.529. The molecule has 3 nitrogen and oxygen atoms in total. The molecule has 1 aliphatic heterocycles. The number of amides is 1. The van der Waals surface area contributed by atoms with Gasteiger partial charge < -0.3 is 5.32 Å². The first kappa shape index (κ1) is 14.8. The van der Waals surface area contributed by atoms with Crippen molar-refractivity contribution in [1.29, 1.82) is 0 Å². The van der Waals surface area contributed by atoms with Crippen molar-refractivity contribution in [2.45, 2.75) is 40.5 Å². The van der Waals surface area contributed by atoms with Crippen LogP contribution < -0.4 is 5.32 Å². The molecule has 2 rings (SSSR count). The van der Waals surface area contributed by atoms with Gasteiger partial charge in [0, 0.05) is 24.1 Å². The first-order valence-corrected chi connectivity index (χ1v) is 7.23. The van der Waals surface area contributed by atoms with Crippen molar-refractivity contribution in [3.63, 3.8) is 0 Å². The van der Waals surface area contributed by atoms with E-state index in [2.05, 4.69) is 33.0 Å². The first-order chi connectivity index (χ1) is 9.29. The van der Waals surface area contributed by atoms with Gasteiger partial charge in [-0.3, -0.25) is 9.59 Å². The summed E-state index contributed by atoms with van der Waals surface area (Å²) in [6.07, 6.45) is 1.36. The smallest absolute Gasteiger partial charge is 0.251 e. The normalized spacial score (nSPS) is 16.3. The molecule has 0 fully saturated rings. The molecule has 0 aliphatic carbocycles. The van der Waals surface area contributed by atoms with Crippen LogP contribution >= 0.6 is 0 Å². The molecule has 1 unspecified atom stereocenters. The van der Waals surface area contributed by atoms with Crippen LogP contribution in [0, 0.1) is 11.3 Å². The highest BCUT2D eigenvalue weighted by Crippen LogP contribution is 2.29. The van der Waals surface area contributed by atoms with Crippen LogP contribution in [0.15, 0.2) is 18.2 Å². The number of ketones is 1. The number of benzene rings is 1. The molecule has 1 heterocycles. The highest BCUT2D eigenvalue weighted by molar-refractivity contribution is 6.02. The highest BCUT2D eigenvalue weighted by atomic mass is 16.1. The summed E-state index contributed by atoms with van der Waals surface area (Å²) in [5.74, 6) is 0.359. The number of rotatable bonds is 3. The Morgan fingerprint density at radius 2 is 2.05 bits per heavy atom. The second-order valence-electron chi connectivity index (χ2n) is 6.77. The number of nitrogens with one attached hydrogen (secondary N) is 1. The van der Waals surface area contributed by atoms with E-state index >= 15 is 0 Å². The molecule has 0 spiro atoms. The van der Waals surface area contributed by atoms with Gasteiger partial charge in [-0.2, -0.15) is 0 Å². The SMILES string of the molecule is CC(CC(=O)c1ccc2c(c1)C(=O)NCC2)C(C)(C)C. The van der Waals surface area contributed by atoms with E-state index < -0.39 is 0 Å². The van der Waals surface area contributed by atoms with Gasteiger partial charge in [-0.25, -0.2) is 0 Å². The van der Waals surface area contributed by atoms with Crippen molar-refractivity contribution >= 4 is 11.7 Å². The Bertz CT molecular complexity index is 540. The van der Waals surface area contributed by atoms with Crippen LogP contribution in [0.5, 0.6) is 0 Å². The predicted octanol–water partition coefficient (Wildman–Crippen LogP) is 3.23. The topological polar surface area (TPSA) is 46.2 Å². The molecule has 0 bridgehead atoms. The Morgan fingerprint density at radius 3 is 2.70 bits per heavy atom. The molecule has 1 aliphatic rings. The van der Waals surface area contributed by atoms with Gasteiger partial charge in [0.2, 0.25) is 0 Å². The fourth-order valence-electron chi connectivity index (χ4n) is 2.29. The summed E-state index contributed by atoms with van der Waals surface area (Å²) in [4.78, 5) is 24.2. The van der Waals surface area contributed by atoms with E-state index in [4.69, 9.17) is 0 Å². The lowest BCUT2D eigenvalue weighted by atomic mass is 9.78. The van der Waals surface area contributed by atoms with Crippen LogP contribution in [0.1, 0.15) is 60.4 Å². The summed E-state index contributed by atoms with van der Waals surface area (Å²) in [6, 6.07) is 5.53. The van der Waals surface area contributed by atoms with Gasteiger partial charge in [-0.05, 0) is 29.4 Å². The average molecular weight is 273 g/mol. The zero-order chi connectivity index (χ0) is 14.9. The maximum Gasteiger partial charge on any atom is 0.251 e. The molecule has 1 N–H and O–H groups in total. The van der Waals surface area contributed by atoms with Crippen LogP contribution in [-0.4, -0.2) is 18.2 Å². The number of carbonyl (C=O) groups is 2. The molecule has 1 aromatic carbocycles. The van der Waals surface area contributed by atoms with E-state index in [9.17, 15) is 9.59 Å². The Morgan fingerprint density at radius 1 is 1.35 bits per heavy atom. The van der Waals surface area contributed by atoms with Crippen molar-refractivity contribution in [3.05, 3.63) is 34.9 Å². The van der Waals surface area contributed by atoms with E-state index in [1.807, 2.05) is 12.1 Å². The zero-order valence-electron chi connectivity index (χ0n) is 12.7. The Hall–Kier alpha value is -1.64. The molecular formula is C17H23NO2. The third kappa shape index (κ3) is 3.09. The number of hydrogen-bond donors (Lipinski definition) is 1. The average Bonchev–Trinajstić information content (AvgIpc) is 2.37. The Labute approximate surface area is 120 Å². The van der Waals surface area contributed by atoms with E-state index in [0.717, 1.165) is 12.0 Å². The summed E-state index contributed by atoms with van der Waals surface area (Å²) < 4.78 is 0. The minimum Gasteiger partial charge on any atom is -0.352 e. The summed E-state index contributed by atoms with van der Waals surface area (Å²) in [7, 11) is 0. The van der Waals surface area contributed by atoms with Crippen LogP contribution in [0.2, 0.25) is 0 Å². The highest BCUT2D eigenvalue weighted by Gasteiger charge is 2.24. The monoisotopic (exact) mass is 273 g/mol. The maximum absolute atomic E-state index is 12.4. The summed E-state index contributed by atoms with van der Waals surface area (Å²) >= 11 is 0. The van der Waals surface area contributed by atoms with Crippen molar-refractivity contribution in [3.8, 4) is 0 Å². The minimum atomic E-state index is -0.0650. The number of fused-ring (bicyclic) bond motifs is 1. The second-order valence-corrected chi connectivity index (χ2v) is 6.77. The molecule has 0 aromatic heterocycles. The van der Waals surface area contributed by atoms with E-state index in [1.165, 1.54) is 0 Å². The quantitative estimate of drug-likeness (QED) is 0.859. The molecule has 108 valence electrons. The van der Waals surface area contributed by atoms with Gasteiger partial charge in [0.15, 0.2) is 5.78 Å². The van der Waals surface area contributed by atoms with Gasteiger partial charge in [-0.1, -0.05) is 39.8 Å². The zero-order valence-corrected chi connectivity index (χ0v) is 12.7. The molecule has 0 saturated heterocycles. The fourth-order valence-corrected chi connectivity index (χ4v) is 2.29. The van der Waals surface area contributed by atoms with Gasteiger partial charge in [-0.15, -0.1) is 0 Å². The largest absolute Gasteiger partial charge is 0.352 e. The molecule has 1 amide bonds. The number of hydrogen-bond acceptors (Lipinski definition) is 2. The lowest BCUT2D eigenvalue weighted by molar-refractivity contribution is 0.0927. The first-order valence-electron chi connectivity index (χ1n) is 7.23. The third-order valence-electron chi connectivity index (χ3n) is 4.33. The second kappa shape index (κ2) is 5.39. The van der Waals surface area contributed by atoms with E-state index in [0.29, 0.717) is 30.0 Å². The predicted molar refractivity (Wildman–Crippen MR) is 80.0 cm³/mol. The van der Waals surface area contributed by atoms with Crippen LogP contribution in [0.25, 0.3) is 0 Å². The molecule has 3 heteroatoms. The summed E-state index contributed by atoms with van der Waals surface area (Å²) in [6.45, 7) is 9.21. The summed E-state index contributed by atoms with van der Waals surface area (Å²) in [5.41, 5.74) is 2.46. The van der Waals surface area contributed by atoms with E-state index in [-0.39, 0.29) is 17.1 Å². The standard InChI is InChI=1S/C17H23NO2/c1-11(17(2,3)4)9-15(19)13-6-5-12-7-8-18-16(20)14(12)10-13/h5-6,10-11H,7-9H2,1-4H3,(H,18,20). The van der Waals surface area contributed by atoms with Crippen molar-refractivity contribution in [1.82, 2.24) is 5.32 Å². The van der Waals surface area contributed by atoms with Crippen molar-refractivity contribution in [2.75, 3.05) is 6.54 Å². The Balaban J connectivity index is 2.19. The Kier molecular flexibility index (Phi) is 3.98. The van der Waals surface area contributed by atoms with Crippen molar-refractivity contribution < 1.29 is 9.59 Å². The molecule has 1 aromatic rings. The summed E-state index contributed by atoms with van der Waals surface area (Å²) in [5, 5.41) is 2.82. The van der Waals surface area contributed by atoms with Crippen LogP contribution in [0.3, 0.4) is 0 Å².